The number of nitrogens with zero attached hydrogens (tertiary/aromatic N) is 7. The lowest BCUT2D eigenvalue weighted by molar-refractivity contribution is -0.134. The fraction of sp³-hybridized carbons (Fsp3) is 0.739. The van der Waals surface area contributed by atoms with Crippen molar-refractivity contribution in [1.82, 2.24) is 33.4 Å². The van der Waals surface area contributed by atoms with E-state index in [4.69, 9.17) is 4.74 Å². The number of fused-ring (bicyclic) bond motifs is 1. The number of imidazole rings is 1. The number of carbonyl (C=O) groups excluding carboxylic acids is 1. The first-order valence-electron chi connectivity index (χ1n) is 12.4. The maximum absolute atomic E-state index is 13.1. The summed E-state index contributed by atoms with van der Waals surface area (Å²) in [6, 6.07) is 0.384. The van der Waals surface area contributed by atoms with Gasteiger partial charge in [0.15, 0.2) is 11.2 Å². The van der Waals surface area contributed by atoms with Gasteiger partial charge in [0.25, 0.3) is 11.6 Å². The van der Waals surface area contributed by atoms with Crippen LogP contribution in [-0.4, -0.2) is 98.3 Å². The molecule has 186 valence electrons. The molecule has 0 radical (unpaired) electrons. The maximum atomic E-state index is 13.1. The van der Waals surface area contributed by atoms with E-state index in [2.05, 4.69) is 21.8 Å². The van der Waals surface area contributed by atoms with E-state index in [-0.39, 0.29) is 23.5 Å². The first kappa shape index (κ1) is 23.1. The van der Waals surface area contributed by atoms with Crippen molar-refractivity contribution >= 4 is 17.1 Å². The van der Waals surface area contributed by atoms with Crippen LogP contribution in [0.2, 0.25) is 0 Å². The van der Waals surface area contributed by atoms with Crippen LogP contribution in [0.3, 0.4) is 0 Å². The Labute approximate surface area is 198 Å². The molecule has 1 aliphatic carbocycles. The van der Waals surface area contributed by atoms with Gasteiger partial charge >= 0.3 is 5.69 Å². The predicted octanol–water partition coefficient (Wildman–Crippen LogP) is -0.539. The molecule has 0 aromatic carbocycles. The van der Waals surface area contributed by atoms with Crippen molar-refractivity contribution in [1.29, 1.82) is 0 Å². The molecule has 2 aliphatic heterocycles. The number of carbonyl (C=O) groups is 1. The average Bonchev–Trinajstić information content (AvgIpc) is 3.63. The highest BCUT2D eigenvalue weighted by molar-refractivity contribution is 5.81. The van der Waals surface area contributed by atoms with Crippen molar-refractivity contribution in [3.05, 3.63) is 20.8 Å². The van der Waals surface area contributed by atoms with Gasteiger partial charge < -0.3 is 14.5 Å². The summed E-state index contributed by atoms with van der Waals surface area (Å²) >= 11 is 0. The third kappa shape index (κ3) is 4.38. The zero-order valence-corrected chi connectivity index (χ0v) is 20.4. The molecular formula is C23H35N7O4. The van der Waals surface area contributed by atoms with Crippen LogP contribution in [0.5, 0.6) is 6.01 Å². The summed E-state index contributed by atoms with van der Waals surface area (Å²) in [7, 11) is 5.25. The van der Waals surface area contributed by atoms with E-state index < -0.39 is 5.69 Å². The molecule has 0 atom stereocenters. The number of rotatable bonds is 6. The summed E-state index contributed by atoms with van der Waals surface area (Å²) in [5.41, 5.74) is -0.0127. The Kier molecular flexibility index (Phi) is 6.24. The van der Waals surface area contributed by atoms with Crippen molar-refractivity contribution in [2.45, 2.75) is 38.3 Å². The minimum Gasteiger partial charge on any atom is -0.461 e. The van der Waals surface area contributed by atoms with Crippen LogP contribution in [0.4, 0.5) is 0 Å². The molecule has 5 rings (SSSR count). The Balaban J connectivity index is 1.38. The van der Waals surface area contributed by atoms with Crippen molar-refractivity contribution in [3.63, 3.8) is 0 Å². The van der Waals surface area contributed by atoms with Gasteiger partial charge in [-0.15, -0.1) is 0 Å². The average molecular weight is 474 g/mol. The normalized spacial score (nSPS) is 20.9. The number of amides is 1. The Morgan fingerprint density at radius 1 is 0.912 bits per heavy atom. The van der Waals surface area contributed by atoms with E-state index in [1.807, 2.05) is 9.47 Å². The lowest BCUT2D eigenvalue weighted by atomic mass is 10.1. The molecule has 0 N–H and O–H groups in total. The van der Waals surface area contributed by atoms with Crippen molar-refractivity contribution < 1.29 is 9.53 Å². The number of hydrogen-bond acceptors (Lipinski definition) is 7. The van der Waals surface area contributed by atoms with Crippen LogP contribution in [-0.2, 0) is 25.4 Å². The number of aryl methyl sites for hydroxylation is 1. The zero-order chi connectivity index (χ0) is 24.0. The third-order valence-electron chi connectivity index (χ3n) is 7.50. The smallest absolute Gasteiger partial charge is 0.332 e. The Morgan fingerprint density at radius 2 is 1.59 bits per heavy atom. The minimum atomic E-state index is -0.403. The van der Waals surface area contributed by atoms with Gasteiger partial charge in [-0.05, 0) is 19.9 Å². The molecule has 0 spiro atoms. The molecule has 2 aromatic heterocycles. The van der Waals surface area contributed by atoms with E-state index in [1.165, 1.54) is 11.6 Å². The topological polar surface area (TPSA) is 97.8 Å². The van der Waals surface area contributed by atoms with Crippen LogP contribution in [0.1, 0.15) is 25.7 Å². The standard InChI is InChI=1S/C23H35N7O4/c1-25-10-12-28(13-11-25)14-15-30-18-19(26(2)23(33)27(3)21(18)32)24-22(30)34-17-6-8-29(9-7-17)20(31)16-4-5-16/h16-17H,4-15H2,1-3H3. The number of aromatic nitrogens is 4. The van der Waals surface area contributed by atoms with Gasteiger partial charge in [0.05, 0.1) is 0 Å². The lowest BCUT2D eigenvalue weighted by Gasteiger charge is -2.33. The van der Waals surface area contributed by atoms with Gasteiger partial charge in [-0.1, -0.05) is 0 Å². The number of piperazine rings is 1. The predicted molar refractivity (Wildman–Crippen MR) is 127 cm³/mol. The summed E-state index contributed by atoms with van der Waals surface area (Å²) in [6.45, 7) is 6.68. The van der Waals surface area contributed by atoms with Gasteiger partial charge in [-0.3, -0.25) is 28.2 Å². The number of likely N-dealkylation sites (N-methyl/N-ethyl adjacent to an activating group) is 1. The van der Waals surface area contributed by atoms with Crippen molar-refractivity contribution in [2.24, 2.45) is 20.0 Å². The highest BCUT2D eigenvalue weighted by Gasteiger charge is 2.35. The second kappa shape index (κ2) is 9.18. The summed E-state index contributed by atoms with van der Waals surface area (Å²) in [5, 5.41) is 0. The second-order valence-corrected chi connectivity index (χ2v) is 9.99. The SMILES string of the molecule is CN1CCN(CCn2c(OC3CCN(C(=O)C4CC4)CC3)nc3c2c(=O)n(C)c(=O)n3C)CC1. The second-order valence-electron chi connectivity index (χ2n) is 9.99. The number of hydrogen-bond donors (Lipinski definition) is 0. The summed E-state index contributed by atoms with van der Waals surface area (Å²) in [6.07, 6.45) is 3.41. The molecule has 1 amide bonds. The van der Waals surface area contributed by atoms with Crippen LogP contribution >= 0.6 is 0 Å². The number of ether oxygens (including phenoxy) is 1. The third-order valence-corrected chi connectivity index (χ3v) is 7.50. The number of likely N-dealkylation sites (tertiary alicyclic amines) is 1. The zero-order valence-electron chi connectivity index (χ0n) is 20.4. The molecule has 34 heavy (non-hydrogen) atoms. The molecule has 0 unspecified atom stereocenters. The quantitative estimate of drug-likeness (QED) is 0.556. The molecule has 11 heteroatoms. The van der Waals surface area contributed by atoms with Gasteiger partial charge in [0.1, 0.15) is 6.10 Å². The molecule has 2 saturated heterocycles. The summed E-state index contributed by atoms with van der Waals surface area (Å²) in [5.74, 6) is 0.505. The van der Waals surface area contributed by atoms with Gasteiger partial charge in [-0.25, -0.2) is 4.79 Å². The molecule has 2 aromatic rings. The van der Waals surface area contributed by atoms with Gasteiger partial charge in [0, 0.05) is 85.2 Å². The first-order valence-corrected chi connectivity index (χ1v) is 12.4. The monoisotopic (exact) mass is 473 g/mol. The van der Waals surface area contributed by atoms with E-state index in [1.54, 1.807) is 7.05 Å². The van der Waals surface area contributed by atoms with Crippen molar-refractivity contribution in [2.75, 3.05) is 52.9 Å². The van der Waals surface area contributed by atoms with Crippen molar-refractivity contribution in [3.8, 4) is 6.01 Å². The van der Waals surface area contributed by atoms with E-state index in [0.29, 0.717) is 36.8 Å². The van der Waals surface area contributed by atoms with Crippen LogP contribution in [0.15, 0.2) is 9.59 Å². The Morgan fingerprint density at radius 3 is 2.24 bits per heavy atom. The Bertz CT molecular complexity index is 1180. The first-order chi connectivity index (χ1) is 16.3. The maximum Gasteiger partial charge on any atom is 0.332 e. The van der Waals surface area contributed by atoms with Gasteiger partial charge in [-0.2, -0.15) is 4.98 Å². The summed E-state index contributed by atoms with van der Waals surface area (Å²) < 4.78 is 10.7. The number of piperidine rings is 1. The molecule has 0 bridgehead atoms. The molecule has 3 fully saturated rings. The van der Waals surface area contributed by atoms with E-state index >= 15 is 0 Å². The minimum absolute atomic E-state index is 0.0802. The van der Waals surface area contributed by atoms with Crippen LogP contribution in [0.25, 0.3) is 11.2 Å². The van der Waals surface area contributed by atoms with Crippen LogP contribution < -0.4 is 16.0 Å². The molecule has 11 nitrogen and oxygen atoms in total. The largest absolute Gasteiger partial charge is 0.461 e. The van der Waals surface area contributed by atoms with E-state index in [9.17, 15) is 14.4 Å². The fourth-order valence-corrected chi connectivity index (χ4v) is 4.97. The molecule has 4 heterocycles. The van der Waals surface area contributed by atoms with Crippen LogP contribution in [0, 0.1) is 5.92 Å². The van der Waals surface area contributed by atoms with Gasteiger partial charge in [0.2, 0.25) is 5.91 Å². The highest BCUT2D eigenvalue weighted by atomic mass is 16.5. The Hall–Kier alpha value is -2.66. The highest BCUT2D eigenvalue weighted by Crippen LogP contribution is 2.32. The fourth-order valence-electron chi connectivity index (χ4n) is 4.97. The molecular weight excluding hydrogens is 438 g/mol. The summed E-state index contributed by atoms with van der Waals surface area (Å²) in [4.78, 5) is 49.2. The molecule has 3 aliphatic rings. The lowest BCUT2D eigenvalue weighted by Crippen LogP contribution is -2.45. The van der Waals surface area contributed by atoms with E-state index in [0.717, 1.165) is 63.0 Å². The molecule has 1 saturated carbocycles.